The lowest BCUT2D eigenvalue weighted by atomic mass is 10.1. The number of rotatable bonds is 5. The first-order chi connectivity index (χ1) is 12.0. The van der Waals surface area contributed by atoms with Gasteiger partial charge in [-0.2, -0.15) is 4.80 Å². The number of hydrogen-bond donors (Lipinski definition) is 1. The summed E-state index contributed by atoms with van der Waals surface area (Å²) in [5, 5.41) is 15.3. The maximum absolute atomic E-state index is 12.9. The minimum absolute atomic E-state index is 0.0703. The van der Waals surface area contributed by atoms with Gasteiger partial charge in [0.2, 0.25) is 11.7 Å². The fourth-order valence-electron chi connectivity index (χ4n) is 2.30. The van der Waals surface area contributed by atoms with E-state index < -0.39 is 0 Å². The molecule has 1 amide bonds. The van der Waals surface area contributed by atoms with Crippen LogP contribution in [0.5, 0.6) is 0 Å². The van der Waals surface area contributed by atoms with Crippen LogP contribution < -0.4 is 5.32 Å². The van der Waals surface area contributed by atoms with Gasteiger partial charge >= 0.3 is 0 Å². The van der Waals surface area contributed by atoms with E-state index in [0.29, 0.717) is 16.4 Å². The van der Waals surface area contributed by atoms with Gasteiger partial charge in [-0.15, -0.1) is 10.2 Å². The highest BCUT2D eigenvalue weighted by Crippen LogP contribution is 2.17. The predicted octanol–water partition coefficient (Wildman–Crippen LogP) is 3.01. The molecule has 0 saturated heterocycles. The summed E-state index contributed by atoms with van der Waals surface area (Å²) in [5.74, 6) is -0.267. The maximum Gasteiger partial charge on any atom is 0.244 e. The quantitative estimate of drug-likeness (QED) is 0.760. The first kappa shape index (κ1) is 17.0. The molecule has 0 spiro atoms. The second kappa shape index (κ2) is 7.40. The van der Waals surface area contributed by atoms with Crippen molar-refractivity contribution in [3.63, 3.8) is 0 Å². The molecule has 0 bridgehead atoms. The molecule has 128 valence electrons. The van der Waals surface area contributed by atoms with Gasteiger partial charge in [0.15, 0.2) is 0 Å². The Hall–Kier alpha value is -2.80. The lowest BCUT2D eigenvalue weighted by Crippen LogP contribution is -2.30. The van der Waals surface area contributed by atoms with Crippen LogP contribution in [0.1, 0.15) is 18.5 Å². The summed E-state index contributed by atoms with van der Waals surface area (Å²) >= 11 is 5.96. The fraction of sp³-hybridized carbons (Fsp3) is 0.176. The Labute approximate surface area is 148 Å². The Morgan fingerprint density at radius 1 is 1.28 bits per heavy atom. The zero-order valence-electron chi connectivity index (χ0n) is 13.4. The SMILES string of the molecule is C[C@@H](NC(=O)Cn1nnc(-c2ccc(F)cc2)n1)c1cccc(Cl)c1. The number of aromatic nitrogens is 4. The van der Waals surface area contributed by atoms with Gasteiger partial charge in [-0.3, -0.25) is 4.79 Å². The van der Waals surface area contributed by atoms with E-state index in [1.54, 1.807) is 24.3 Å². The summed E-state index contributed by atoms with van der Waals surface area (Å²) in [6.07, 6.45) is 0. The molecule has 3 rings (SSSR count). The second-order valence-electron chi connectivity index (χ2n) is 5.49. The molecule has 0 aliphatic heterocycles. The number of amides is 1. The number of carbonyl (C=O) groups is 1. The Kier molecular flexibility index (Phi) is 5.04. The monoisotopic (exact) mass is 359 g/mol. The summed E-state index contributed by atoms with van der Waals surface area (Å²) in [6, 6.07) is 12.8. The van der Waals surface area contributed by atoms with Gasteiger partial charge in [-0.25, -0.2) is 4.39 Å². The molecule has 0 fully saturated rings. The lowest BCUT2D eigenvalue weighted by molar-refractivity contribution is -0.122. The average molecular weight is 360 g/mol. The molecule has 0 saturated carbocycles. The number of nitrogens with one attached hydrogen (secondary N) is 1. The van der Waals surface area contributed by atoms with E-state index >= 15 is 0 Å². The third-order valence-electron chi connectivity index (χ3n) is 3.57. The highest BCUT2D eigenvalue weighted by Gasteiger charge is 2.13. The summed E-state index contributed by atoms with van der Waals surface area (Å²) in [7, 11) is 0. The summed E-state index contributed by atoms with van der Waals surface area (Å²) in [4.78, 5) is 13.3. The van der Waals surface area contributed by atoms with Crippen molar-refractivity contribution in [2.75, 3.05) is 0 Å². The maximum atomic E-state index is 12.9. The molecule has 6 nitrogen and oxygen atoms in total. The first-order valence-electron chi connectivity index (χ1n) is 7.60. The van der Waals surface area contributed by atoms with Crippen molar-refractivity contribution in [3.8, 4) is 11.4 Å². The standard InChI is InChI=1S/C17H15ClFN5O/c1-11(13-3-2-4-14(18)9-13)20-16(25)10-24-22-17(21-23-24)12-5-7-15(19)8-6-12/h2-9,11H,10H2,1H3,(H,20,25)/t11-/m1/s1. The van der Waals surface area contributed by atoms with E-state index in [1.165, 1.54) is 16.9 Å². The van der Waals surface area contributed by atoms with E-state index in [-0.39, 0.29) is 24.3 Å². The van der Waals surface area contributed by atoms with Gasteiger partial charge in [-0.05, 0) is 54.1 Å². The number of nitrogens with zero attached hydrogens (tertiary/aromatic N) is 4. The van der Waals surface area contributed by atoms with Crippen molar-refractivity contribution in [2.45, 2.75) is 19.5 Å². The first-order valence-corrected chi connectivity index (χ1v) is 7.97. The molecule has 0 aliphatic carbocycles. The van der Waals surface area contributed by atoms with Crippen molar-refractivity contribution < 1.29 is 9.18 Å². The number of benzene rings is 2. The molecule has 2 aromatic carbocycles. The summed E-state index contributed by atoms with van der Waals surface area (Å²) in [6.45, 7) is 1.79. The molecule has 1 N–H and O–H groups in total. The topological polar surface area (TPSA) is 72.7 Å². The third-order valence-corrected chi connectivity index (χ3v) is 3.80. The molecule has 0 unspecified atom stereocenters. The Morgan fingerprint density at radius 3 is 2.76 bits per heavy atom. The van der Waals surface area contributed by atoms with Gasteiger partial charge < -0.3 is 5.32 Å². The van der Waals surface area contributed by atoms with Crippen molar-refractivity contribution >= 4 is 17.5 Å². The number of halogens is 2. The average Bonchev–Trinajstić information content (AvgIpc) is 3.03. The van der Waals surface area contributed by atoms with Crippen LogP contribution in [-0.4, -0.2) is 26.1 Å². The smallest absolute Gasteiger partial charge is 0.244 e. The normalized spacial score (nSPS) is 12.0. The molecule has 0 radical (unpaired) electrons. The number of hydrogen-bond acceptors (Lipinski definition) is 4. The van der Waals surface area contributed by atoms with E-state index in [9.17, 15) is 9.18 Å². The molecule has 1 aromatic heterocycles. The molecular weight excluding hydrogens is 345 g/mol. The molecule has 8 heteroatoms. The van der Waals surface area contributed by atoms with Gasteiger partial charge in [0, 0.05) is 10.6 Å². The van der Waals surface area contributed by atoms with Crippen molar-refractivity contribution in [1.82, 2.24) is 25.5 Å². The van der Waals surface area contributed by atoms with Gasteiger partial charge in [0.1, 0.15) is 12.4 Å². The molecule has 1 heterocycles. The minimum atomic E-state index is -0.342. The Bertz CT molecular complexity index is 881. The van der Waals surface area contributed by atoms with Gasteiger partial charge in [-0.1, -0.05) is 23.7 Å². The third kappa shape index (κ3) is 4.39. The number of tetrazole rings is 1. The van der Waals surface area contributed by atoms with E-state index in [0.717, 1.165) is 5.56 Å². The van der Waals surface area contributed by atoms with Crippen LogP contribution in [0.15, 0.2) is 48.5 Å². The second-order valence-corrected chi connectivity index (χ2v) is 5.93. The lowest BCUT2D eigenvalue weighted by Gasteiger charge is -2.14. The van der Waals surface area contributed by atoms with Gasteiger partial charge in [0.05, 0.1) is 6.04 Å². The largest absolute Gasteiger partial charge is 0.348 e. The van der Waals surface area contributed by atoms with Crippen molar-refractivity contribution in [3.05, 3.63) is 64.9 Å². The fourth-order valence-corrected chi connectivity index (χ4v) is 2.50. The van der Waals surface area contributed by atoms with Crippen LogP contribution in [0.4, 0.5) is 4.39 Å². The van der Waals surface area contributed by atoms with Crippen LogP contribution in [0.3, 0.4) is 0 Å². The van der Waals surface area contributed by atoms with Crippen LogP contribution in [0, 0.1) is 5.82 Å². The molecule has 3 aromatic rings. The van der Waals surface area contributed by atoms with Crippen LogP contribution in [0.2, 0.25) is 5.02 Å². The van der Waals surface area contributed by atoms with Crippen molar-refractivity contribution in [1.29, 1.82) is 0 Å². The summed E-state index contributed by atoms with van der Waals surface area (Å²) < 4.78 is 12.9. The van der Waals surface area contributed by atoms with Gasteiger partial charge in [0.25, 0.3) is 0 Å². The van der Waals surface area contributed by atoms with Crippen molar-refractivity contribution in [2.24, 2.45) is 0 Å². The molecule has 25 heavy (non-hydrogen) atoms. The zero-order chi connectivity index (χ0) is 17.8. The molecular formula is C17H15ClFN5O. The summed E-state index contributed by atoms with van der Waals surface area (Å²) in [5.41, 5.74) is 1.53. The van der Waals surface area contributed by atoms with E-state index in [1.807, 2.05) is 19.1 Å². The Morgan fingerprint density at radius 2 is 2.04 bits per heavy atom. The minimum Gasteiger partial charge on any atom is -0.348 e. The Balaban J connectivity index is 1.62. The van der Waals surface area contributed by atoms with Crippen LogP contribution >= 0.6 is 11.6 Å². The highest BCUT2D eigenvalue weighted by molar-refractivity contribution is 6.30. The van der Waals surface area contributed by atoms with E-state index in [4.69, 9.17) is 11.6 Å². The number of carbonyl (C=O) groups excluding carboxylic acids is 1. The molecule has 1 atom stereocenters. The molecule has 0 aliphatic rings. The zero-order valence-corrected chi connectivity index (χ0v) is 14.1. The highest BCUT2D eigenvalue weighted by atomic mass is 35.5. The predicted molar refractivity (Wildman–Crippen MR) is 91.2 cm³/mol. The van der Waals surface area contributed by atoms with Crippen LogP contribution in [0.25, 0.3) is 11.4 Å². The van der Waals surface area contributed by atoms with E-state index in [2.05, 4.69) is 20.7 Å². The van der Waals surface area contributed by atoms with Crippen LogP contribution in [-0.2, 0) is 11.3 Å².